The molecule has 0 bridgehead atoms. The minimum absolute atomic E-state index is 0.0123. The first-order chi connectivity index (χ1) is 9.52. The van der Waals surface area contributed by atoms with Gasteiger partial charge in [0.15, 0.2) is 5.16 Å². The lowest BCUT2D eigenvalue weighted by molar-refractivity contribution is -0.141. The van der Waals surface area contributed by atoms with Gasteiger partial charge < -0.3 is 14.4 Å². The number of aliphatic carboxylic acids is 1. The number of fused-ring (bicyclic) bond motifs is 1. The highest BCUT2D eigenvalue weighted by Gasteiger charge is 2.16. The Kier molecular flexibility index (Phi) is 4.29. The summed E-state index contributed by atoms with van der Waals surface area (Å²) in [5, 5.41) is 9.28. The Morgan fingerprint density at radius 3 is 2.85 bits per heavy atom. The van der Waals surface area contributed by atoms with E-state index in [-0.39, 0.29) is 12.3 Å². The first-order valence-electron chi connectivity index (χ1n) is 5.90. The van der Waals surface area contributed by atoms with Crippen molar-refractivity contribution in [2.24, 2.45) is 0 Å². The predicted octanol–water partition coefficient (Wildman–Crippen LogP) is 1.69. The van der Waals surface area contributed by atoms with Gasteiger partial charge in [-0.3, -0.25) is 9.59 Å². The normalized spacial score (nSPS) is 10.7. The fraction of sp³-hybridized carbons (Fsp3) is 0.308. The zero-order valence-corrected chi connectivity index (χ0v) is 11.9. The average Bonchev–Trinajstić information content (AvgIpc) is 2.76. The Hall–Kier alpha value is -2.02. The number of methoxy groups -OCH3 is 1. The van der Waals surface area contributed by atoms with Gasteiger partial charge in [0, 0.05) is 0 Å². The standard InChI is InChI=1S/C13H14N2O4S/c1-8-4-3-5-9-12(8)14-13(20-7-10(16)17)15(9)6-11(18)19-2/h3-5H,6-7H2,1-2H3,(H,16,17). The molecule has 0 radical (unpaired) electrons. The summed E-state index contributed by atoms with van der Waals surface area (Å²) in [6.45, 7) is 1.93. The molecule has 0 saturated heterocycles. The molecule has 2 rings (SSSR count). The van der Waals surface area contributed by atoms with E-state index in [1.807, 2.05) is 25.1 Å². The van der Waals surface area contributed by atoms with Crippen LogP contribution in [-0.2, 0) is 20.9 Å². The maximum Gasteiger partial charge on any atom is 0.325 e. The second kappa shape index (κ2) is 5.96. The second-order valence-electron chi connectivity index (χ2n) is 4.18. The molecule has 0 spiro atoms. The number of carboxylic acid groups (broad SMARTS) is 1. The van der Waals surface area contributed by atoms with Crippen molar-refractivity contribution < 1.29 is 19.4 Å². The van der Waals surface area contributed by atoms with E-state index in [4.69, 9.17) is 5.11 Å². The Labute approximate surface area is 119 Å². The number of esters is 1. The van der Waals surface area contributed by atoms with E-state index in [0.717, 1.165) is 28.4 Å². The minimum atomic E-state index is -0.927. The van der Waals surface area contributed by atoms with Crippen LogP contribution in [0.3, 0.4) is 0 Å². The van der Waals surface area contributed by atoms with Gasteiger partial charge in [0.05, 0.1) is 23.9 Å². The highest BCUT2D eigenvalue weighted by Crippen LogP contribution is 2.26. The van der Waals surface area contributed by atoms with Crippen molar-refractivity contribution >= 4 is 34.7 Å². The van der Waals surface area contributed by atoms with Gasteiger partial charge in [0.2, 0.25) is 0 Å². The largest absolute Gasteiger partial charge is 0.481 e. The van der Waals surface area contributed by atoms with Crippen molar-refractivity contribution in [1.29, 1.82) is 0 Å². The van der Waals surface area contributed by atoms with Crippen LogP contribution in [-0.4, -0.2) is 39.5 Å². The van der Waals surface area contributed by atoms with Gasteiger partial charge in [-0.05, 0) is 18.6 Å². The Morgan fingerprint density at radius 2 is 2.20 bits per heavy atom. The minimum Gasteiger partial charge on any atom is -0.481 e. The molecule has 0 aliphatic heterocycles. The number of thioether (sulfide) groups is 1. The second-order valence-corrected chi connectivity index (χ2v) is 5.12. The molecule has 0 aliphatic rings. The molecule has 7 heteroatoms. The van der Waals surface area contributed by atoms with Crippen molar-refractivity contribution in [1.82, 2.24) is 9.55 Å². The summed E-state index contributed by atoms with van der Waals surface area (Å²) in [6.07, 6.45) is 0. The monoisotopic (exact) mass is 294 g/mol. The summed E-state index contributed by atoms with van der Waals surface area (Å²) >= 11 is 1.09. The number of carbonyl (C=O) groups excluding carboxylic acids is 1. The molecular weight excluding hydrogens is 280 g/mol. The number of hydrogen-bond acceptors (Lipinski definition) is 5. The number of ether oxygens (including phenoxy) is 1. The van der Waals surface area contributed by atoms with Gasteiger partial charge in [-0.25, -0.2) is 4.98 Å². The molecule has 1 aromatic carbocycles. The van der Waals surface area contributed by atoms with E-state index in [1.165, 1.54) is 7.11 Å². The molecule has 2 aromatic rings. The maximum atomic E-state index is 11.5. The summed E-state index contributed by atoms with van der Waals surface area (Å²) < 4.78 is 6.35. The van der Waals surface area contributed by atoms with Gasteiger partial charge in [-0.1, -0.05) is 23.9 Å². The molecule has 106 valence electrons. The third-order valence-corrected chi connectivity index (χ3v) is 3.75. The van der Waals surface area contributed by atoms with E-state index in [9.17, 15) is 9.59 Å². The molecule has 20 heavy (non-hydrogen) atoms. The zero-order chi connectivity index (χ0) is 14.7. The molecule has 1 aromatic heterocycles. The molecule has 1 heterocycles. The number of carboxylic acids is 1. The first-order valence-corrected chi connectivity index (χ1v) is 6.88. The Balaban J connectivity index is 2.47. The molecule has 0 saturated carbocycles. The topological polar surface area (TPSA) is 81.4 Å². The van der Waals surface area contributed by atoms with E-state index < -0.39 is 11.9 Å². The molecule has 0 atom stereocenters. The summed E-state index contributed by atoms with van der Waals surface area (Å²) in [5.74, 6) is -1.44. The van der Waals surface area contributed by atoms with Crippen LogP contribution >= 0.6 is 11.8 Å². The highest BCUT2D eigenvalue weighted by molar-refractivity contribution is 7.99. The predicted molar refractivity (Wildman–Crippen MR) is 74.8 cm³/mol. The summed E-state index contributed by atoms with van der Waals surface area (Å²) in [6, 6.07) is 5.64. The average molecular weight is 294 g/mol. The fourth-order valence-corrected chi connectivity index (χ4v) is 2.58. The smallest absolute Gasteiger partial charge is 0.325 e. The van der Waals surface area contributed by atoms with Crippen molar-refractivity contribution in [3.8, 4) is 0 Å². The van der Waals surface area contributed by atoms with Crippen LogP contribution in [0, 0.1) is 6.92 Å². The summed E-state index contributed by atoms with van der Waals surface area (Å²) in [7, 11) is 1.32. The number of carbonyl (C=O) groups is 2. The Bertz CT molecular complexity index is 666. The summed E-state index contributed by atoms with van der Waals surface area (Å²) in [4.78, 5) is 26.6. The number of para-hydroxylation sites is 1. The number of hydrogen-bond donors (Lipinski definition) is 1. The van der Waals surface area contributed by atoms with Gasteiger partial charge in [-0.15, -0.1) is 0 Å². The third-order valence-electron chi connectivity index (χ3n) is 2.79. The van der Waals surface area contributed by atoms with Gasteiger partial charge >= 0.3 is 11.9 Å². The SMILES string of the molecule is COC(=O)Cn1c(SCC(=O)O)nc2c(C)cccc21. The quantitative estimate of drug-likeness (QED) is 0.667. The van der Waals surface area contributed by atoms with E-state index >= 15 is 0 Å². The lowest BCUT2D eigenvalue weighted by Crippen LogP contribution is -2.13. The molecule has 1 N–H and O–H groups in total. The van der Waals surface area contributed by atoms with Crippen molar-refractivity contribution in [2.75, 3.05) is 12.9 Å². The van der Waals surface area contributed by atoms with Crippen LogP contribution in [0.5, 0.6) is 0 Å². The number of aryl methyl sites for hydroxylation is 1. The number of benzene rings is 1. The van der Waals surface area contributed by atoms with Gasteiger partial charge in [-0.2, -0.15) is 0 Å². The number of rotatable bonds is 5. The lowest BCUT2D eigenvalue weighted by Gasteiger charge is -2.06. The van der Waals surface area contributed by atoms with Crippen molar-refractivity contribution in [2.45, 2.75) is 18.6 Å². The van der Waals surface area contributed by atoms with E-state index in [0.29, 0.717) is 5.16 Å². The molecule has 6 nitrogen and oxygen atoms in total. The van der Waals surface area contributed by atoms with Gasteiger partial charge in [0.1, 0.15) is 6.54 Å². The van der Waals surface area contributed by atoms with E-state index in [1.54, 1.807) is 4.57 Å². The zero-order valence-electron chi connectivity index (χ0n) is 11.1. The fourth-order valence-electron chi connectivity index (χ4n) is 1.85. The van der Waals surface area contributed by atoms with Crippen LogP contribution in [0.25, 0.3) is 11.0 Å². The Morgan fingerprint density at radius 1 is 1.45 bits per heavy atom. The molecular formula is C13H14N2O4S. The van der Waals surface area contributed by atoms with Crippen LogP contribution in [0.2, 0.25) is 0 Å². The number of imidazole rings is 1. The molecule has 0 aliphatic carbocycles. The summed E-state index contributed by atoms with van der Waals surface area (Å²) in [5.41, 5.74) is 2.54. The molecule has 0 amide bonds. The van der Waals surface area contributed by atoms with Crippen molar-refractivity contribution in [3.05, 3.63) is 23.8 Å². The van der Waals surface area contributed by atoms with E-state index in [2.05, 4.69) is 9.72 Å². The maximum absolute atomic E-state index is 11.5. The highest BCUT2D eigenvalue weighted by atomic mass is 32.2. The van der Waals surface area contributed by atoms with Crippen molar-refractivity contribution in [3.63, 3.8) is 0 Å². The molecule has 0 fully saturated rings. The number of aromatic nitrogens is 2. The van der Waals surface area contributed by atoms with Crippen LogP contribution in [0.4, 0.5) is 0 Å². The lowest BCUT2D eigenvalue weighted by atomic mass is 10.2. The van der Waals surface area contributed by atoms with Crippen LogP contribution in [0.15, 0.2) is 23.4 Å². The third kappa shape index (κ3) is 2.93. The first kappa shape index (κ1) is 14.4. The number of nitrogens with zero attached hydrogens (tertiary/aromatic N) is 2. The van der Waals surface area contributed by atoms with Gasteiger partial charge in [0.25, 0.3) is 0 Å². The van der Waals surface area contributed by atoms with Crippen LogP contribution in [0.1, 0.15) is 5.56 Å². The van der Waals surface area contributed by atoms with Crippen LogP contribution < -0.4 is 0 Å². The molecule has 0 unspecified atom stereocenters.